The van der Waals surface area contributed by atoms with Crippen molar-refractivity contribution in [3.05, 3.63) is 29.8 Å². The summed E-state index contributed by atoms with van der Waals surface area (Å²) in [6.45, 7) is 9.40. The molecule has 0 amide bonds. The molecule has 0 spiro atoms. The first-order valence-corrected chi connectivity index (χ1v) is 8.30. The number of benzene rings is 1. The largest absolute Gasteiger partial charge is 0.497 e. The zero-order chi connectivity index (χ0) is 15.5. The summed E-state index contributed by atoms with van der Waals surface area (Å²) in [6, 6.07) is 9.50. The topological polar surface area (TPSA) is 21.3 Å². The van der Waals surface area contributed by atoms with Gasteiger partial charge < -0.3 is 10.1 Å². The van der Waals surface area contributed by atoms with Crippen molar-refractivity contribution in [1.29, 1.82) is 0 Å². The molecule has 0 aliphatic heterocycles. The molecule has 1 aromatic carbocycles. The fourth-order valence-electron chi connectivity index (χ4n) is 3.47. The molecule has 0 bridgehead atoms. The Balaban J connectivity index is 1.85. The molecule has 0 aromatic heterocycles. The fourth-order valence-corrected chi connectivity index (χ4v) is 3.47. The standard InChI is InChI=1S/C19H31NO/c1-14(15-6-12-18(21-5)13-7-15)20-17-10-8-16(9-11-17)19(2,3)4/h6-7,12-14,16-17,20H,8-11H2,1-5H3/t14-,16?,17?/m1/s1. The predicted molar refractivity (Wildman–Crippen MR) is 89.7 cm³/mol. The van der Waals surface area contributed by atoms with Crippen LogP contribution >= 0.6 is 0 Å². The van der Waals surface area contributed by atoms with Gasteiger partial charge in [-0.1, -0.05) is 32.9 Å². The van der Waals surface area contributed by atoms with Crippen molar-refractivity contribution in [3.63, 3.8) is 0 Å². The van der Waals surface area contributed by atoms with Crippen molar-refractivity contribution in [2.45, 2.75) is 65.5 Å². The minimum absolute atomic E-state index is 0.409. The van der Waals surface area contributed by atoms with Crippen LogP contribution in [0.3, 0.4) is 0 Å². The van der Waals surface area contributed by atoms with E-state index in [0.29, 0.717) is 17.5 Å². The van der Waals surface area contributed by atoms with E-state index in [4.69, 9.17) is 4.74 Å². The van der Waals surface area contributed by atoms with Crippen molar-refractivity contribution in [3.8, 4) is 5.75 Å². The summed E-state index contributed by atoms with van der Waals surface area (Å²) in [5.74, 6) is 1.81. The van der Waals surface area contributed by atoms with E-state index in [1.54, 1.807) is 7.11 Å². The third kappa shape index (κ3) is 4.47. The molecule has 1 saturated carbocycles. The SMILES string of the molecule is COc1ccc([C@@H](C)NC2CCC(C(C)(C)C)CC2)cc1. The number of methoxy groups -OCH3 is 1. The van der Waals surface area contributed by atoms with Crippen molar-refractivity contribution < 1.29 is 4.74 Å². The summed E-state index contributed by atoms with van der Waals surface area (Å²) in [5.41, 5.74) is 1.81. The van der Waals surface area contributed by atoms with Crippen molar-refractivity contribution in [2.24, 2.45) is 11.3 Å². The van der Waals surface area contributed by atoms with E-state index < -0.39 is 0 Å². The first kappa shape index (κ1) is 16.4. The lowest BCUT2D eigenvalue weighted by Gasteiger charge is -2.38. The highest BCUT2D eigenvalue weighted by atomic mass is 16.5. The van der Waals surface area contributed by atoms with Crippen LogP contribution in [0.4, 0.5) is 0 Å². The molecule has 1 atom stereocenters. The Morgan fingerprint density at radius 3 is 2.10 bits per heavy atom. The van der Waals surface area contributed by atoms with E-state index in [1.165, 1.54) is 31.2 Å². The molecule has 2 nitrogen and oxygen atoms in total. The van der Waals surface area contributed by atoms with Gasteiger partial charge in [0.1, 0.15) is 5.75 Å². The lowest BCUT2D eigenvalue weighted by Crippen LogP contribution is -2.37. The third-order valence-electron chi connectivity index (χ3n) is 5.05. The second kappa shape index (κ2) is 6.83. The van der Waals surface area contributed by atoms with E-state index >= 15 is 0 Å². The van der Waals surface area contributed by atoms with Gasteiger partial charge in [-0.2, -0.15) is 0 Å². The average Bonchev–Trinajstić information content (AvgIpc) is 2.47. The van der Waals surface area contributed by atoms with E-state index in [1.807, 2.05) is 12.1 Å². The number of nitrogens with one attached hydrogen (secondary N) is 1. The zero-order valence-electron chi connectivity index (χ0n) is 14.3. The van der Waals surface area contributed by atoms with Gasteiger partial charge >= 0.3 is 0 Å². The number of rotatable bonds is 4. The Bertz CT molecular complexity index is 424. The van der Waals surface area contributed by atoms with E-state index in [2.05, 4.69) is 45.1 Å². The van der Waals surface area contributed by atoms with Crippen LogP contribution in [0.15, 0.2) is 24.3 Å². The molecular weight excluding hydrogens is 258 g/mol. The third-order valence-corrected chi connectivity index (χ3v) is 5.05. The van der Waals surface area contributed by atoms with Crippen LogP contribution < -0.4 is 10.1 Å². The quantitative estimate of drug-likeness (QED) is 0.846. The second-order valence-electron chi connectivity index (χ2n) is 7.58. The summed E-state index contributed by atoms with van der Waals surface area (Å²) in [7, 11) is 1.71. The highest BCUT2D eigenvalue weighted by molar-refractivity contribution is 5.28. The summed E-state index contributed by atoms with van der Waals surface area (Å²) >= 11 is 0. The Kier molecular flexibility index (Phi) is 5.32. The Hall–Kier alpha value is -1.02. The maximum atomic E-state index is 5.22. The van der Waals surface area contributed by atoms with Crippen LogP contribution in [0.2, 0.25) is 0 Å². The van der Waals surface area contributed by atoms with Gasteiger partial charge in [-0.3, -0.25) is 0 Å². The smallest absolute Gasteiger partial charge is 0.118 e. The lowest BCUT2D eigenvalue weighted by molar-refractivity contribution is 0.157. The van der Waals surface area contributed by atoms with Gasteiger partial charge in [0.15, 0.2) is 0 Å². The molecule has 0 saturated heterocycles. The first-order chi connectivity index (χ1) is 9.90. The van der Waals surface area contributed by atoms with E-state index in [0.717, 1.165) is 11.7 Å². The molecule has 118 valence electrons. The fraction of sp³-hybridized carbons (Fsp3) is 0.684. The summed E-state index contributed by atoms with van der Waals surface area (Å²) in [5, 5.41) is 3.80. The van der Waals surface area contributed by atoms with Crippen molar-refractivity contribution in [2.75, 3.05) is 7.11 Å². The normalized spacial score (nSPS) is 24.6. The molecular formula is C19H31NO. The zero-order valence-corrected chi connectivity index (χ0v) is 14.3. The molecule has 1 aliphatic carbocycles. The summed E-state index contributed by atoms with van der Waals surface area (Å²) in [6.07, 6.45) is 5.33. The predicted octanol–water partition coefficient (Wildman–Crippen LogP) is 4.95. The van der Waals surface area contributed by atoms with Crippen LogP contribution in [-0.4, -0.2) is 13.2 Å². The number of hydrogen-bond acceptors (Lipinski definition) is 2. The average molecular weight is 289 g/mol. The Morgan fingerprint density at radius 1 is 1.05 bits per heavy atom. The summed E-state index contributed by atoms with van der Waals surface area (Å²) in [4.78, 5) is 0. The molecule has 1 aromatic rings. The van der Waals surface area contributed by atoms with Crippen LogP contribution in [0.5, 0.6) is 5.75 Å². The minimum Gasteiger partial charge on any atom is -0.497 e. The van der Waals surface area contributed by atoms with Gasteiger partial charge in [-0.15, -0.1) is 0 Å². The van der Waals surface area contributed by atoms with Crippen LogP contribution in [0.1, 0.15) is 65.0 Å². The van der Waals surface area contributed by atoms with Crippen LogP contribution in [-0.2, 0) is 0 Å². The van der Waals surface area contributed by atoms with E-state index in [-0.39, 0.29) is 0 Å². The second-order valence-corrected chi connectivity index (χ2v) is 7.58. The minimum atomic E-state index is 0.409. The van der Waals surface area contributed by atoms with Crippen LogP contribution in [0, 0.1) is 11.3 Å². The molecule has 2 rings (SSSR count). The van der Waals surface area contributed by atoms with Gasteiger partial charge in [-0.05, 0) is 61.6 Å². The highest BCUT2D eigenvalue weighted by Crippen LogP contribution is 2.38. The molecule has 2 heteroatoms. The van der Waals surface area contributed by atoms with Gasteiger partial charge in [-0.25, -0.2) is 0 Å². The van der Waals surface area contributed by atoms with Gasteiger partial charge in [0.25, 0.3) is 0 Å². The molecule has 1 fully saturated rings. The maximum Gasteiger partial charge on any atom is 0.118 e. The molecule has 1 N–H and O–H groups in total. The van der Waals surface area contributed by atoms with E-state index in [9.17, 15) is 0 Å². The Labute approximate surface area is 130 Å². The monoisotopic (exact) mass is 289 g/mol. The molecule has 0 heterocycles. The highest BCUT2D eigenvalue weighted by Gasteiger charge is 2.30. The number of hydrogen-bond donors (Lipinski definition) is 1. The van der Waals surface area contributed by atoms with Crippen LogP contribution in [0.25, 0.3) is 0 Å². The Morgan fingerprint density at radius 2 is 1.62 bits per heavy atom. The molecule has 21 heavy (non-hydrogen) atoms. The molecule has 0 radical (unpaired) electrons. The van der Waals surface area contributed by atoms with Gasteiger partial charge in [0, 0.05) is 12.1 Å². The van der Waals surface area contributed by atoms with Gasteiger partial charge in [0.2, 0.25) is 0 Å². The van der Waals surface area contributed by atoms with Gasteiger partial charge in [0.05, 0.1) is 7.11 Å². The van der Waals surface area contributed by atoms with Crippen molar-refractivity contribution >= 4 is 0 Å². The maximum absolute atomic E-state index is 5.22. The molecule has 0 unspecified atom stereocenters. The lowest BCUT2D eigenvalue weighted by atomic mass is 9.71. The first-order valence-electron chi connectivity index (χ1n) is 8.30. The molecule has 1 aliphatic rings. The summed E-state index contributed by atoms with van der Waals surface area (Å²) < 4.78 is 5.22. The number of ether oxygens (including phenoxy) is 1. The van der Waals surface area contributed by atoms with Crippen molar-refractivity contribution in [1.82, 2.24) is 5.32 Å².